The SMILES string of the molecule is Cc1ccccc1NC(=O)Cn1nc(C2CCN(S(C)(=O)=O)CC2)n(C)c1=O. The largest absolute Gasteiger partial charge is 0.346 e. The third kappa shape index (κ3) is 4.33. The summed E-state index contributed by atoms with van der Waals surface area (Å²) in [5.74, 6) is 0.242. The fourth-order valence-electron chi connectivity index (χ4n) is 3.45. The van der Waals surface area contributed by atoms with Gasteiger partial charge in [-0.05, 0) is 31.4 Å². The summed E-state index contributed by atoms with van der Waals surface area (Å²) < 4.78 is 27.4. The number of hydrogen-bond donors (Lipinski definition) is 1. The van der Waals surface area contributed by atoms with E-state index in [0.29, 0.717) is 37.4 Å². The first-order chi connectivity index (χ1) is 13.2. The molecule has 0 spiro atoms. The third-order valence-corrected chi connectivity index (χ3v) is 6.38. The minimum Gasteiger partial charge on any atom is -0.324 e. The second-order valence-electron chi connectivity index (χ2n) is 7.16. The van der Waals surface area contributed by atoms with E-state index in [9.17, 15) is 18.0 Å². The number of anilines is 1. The Bertz CT molecular complexity index is 1030. The highest BCUT2D eigenvalue weighted by molar-refractivity contribution is 7.88. The fourth-order valence-corrected chi connectivity index (χ4v) is 4.32. The van der Waals surface area contributed by atoms with E-state index in [4.69, 9.17) is 0 Å². The van der Waals surface area contributed by atoms with Crippen molar-refractivity contribution < 1.29 is 13.2 Å². The summed E-state index contributed by atoms with van der Waals surface area (Å²) in [6.07, 6.45) is 2.38. The quantitative estimate of drug-likeness (QED) is 0.784. The molecule has 1 saturated heterocycles. The number of carbonyl (C=O) groups excluding carboxylic acids is 1. The average molecular weight is 407 g/mol. The summed E-state index contributed by atoms with van der Waals surface area (Å²) in [5.41, 5.74) is 1.27. The van der Waals surface area contributed by atoms with E-state index < -0.39 is 10.0 Å². The number of benzene rings is 1. The van der Waals surface area contributed by atoms with Crippen molar-refractivity contribution in [3.05, 3.63) is 46.1 Å². The molecule has 0 bridgehead atoms. The number of hydrogen-bond acceptors (Lipinski definition) is 5. The molecular weight excluding hydrogens is 382 g/mol. The van der Waals surface area contributed by atoms with Crippen LogP contribution in [0.15, 0.2) is 29.1 Å². The molecule has 1 amide bonds. The highest BCUT2D eigenvalue weighted by Gasteiger charge is 2.29. The van der Waals surface area contributed by atoms with Crippen molar-refractivity contribution in [1.82, 2.24) is 18.7 Å². The zero-order chi connectivity index (χ0) is 20.5. The summed E-state index contributed by atoms with van der Waals surface area (Å²) >= 11 is 0. The van der Waals surface area contributed by atoms with E-state index in [1.807, 2.05) is 25.1 Å². The molecule has 2 aromatic rings. The van der Waals surface area contributed by atoms with Crippen molar-refractivity contribution in [2.45, 2.75) is 32.2 Å². The Morgan fingerprint density at radius 1 is 1.25 bits per heavy atom. The lowest BCUT2D eigenvalue weighted by atomic mass is 9.97. The van der Waals surface area contributed by atoms with Gasteiger partial charge in [0.05, 0.1) is 6.26 Å². The van der Waals surface area contributed by atoms with Gasteiger partial charge in [-0.15, -0.1) is 0 Å². The number of rotatable bonds is 5. The van der Waals surface area contributed by atoms with Crippen molar-refractivity contribution in [1.29, 1.82) is 0 Å². The molecular formula is C18H25N5O4S. The topological polar surface area (TPSA) is 106 Å². The Labute approximate surface area is 164 Å². The predicted octanol–water partition coefficient (Wildman–Crippen LogP) is 0.668. The minimum atomic E-state index is -3.21. The van der Waals surface area contributed by atoms with Crippen LogP contribution in [0.5, 0.6) is 0 Å². The number of para-hydroxylation sites is 1. The van der Waals surface area contributed by atoms with Crippen LogP contribution in [0.4, 0.5) is 5.69 Å². The maximum Gasteiger partial charge on any atom is 0.346 e. The Balaban J connectivity index is 1.71. The molecule has 1 aliphatic heterocycles. The van der Waals surface area contributed by atoms with Crippen molar-refractivity contribution in [3.63, 3.8) is 0 Å². The number of piperidine rings is 1. The van der Waals surface area contributed by atoms with Crippen LogP contribution in [0.25, 0.3) is 0 Å². The number of amides is 1. The van der Waals surface area contributed by atoms with Crippen molar-refractivity contribution in [2.75, 3.05) is 24.7 Å². The smallest absolute Gasteiger partial charge is 0.324 e. The normalized spacial score (nSPS) is 16.2. The second kappa shape index (κ2) is 7.88. The molecule has 0 unspecified atom stereocenters. The van der Waals surface area contributed by atoms with Gasteiger partial charge in [-0.3, -0.25) is 9.36 Å². The molecule has 10 heteroatoms. The van der Waals surface area contributed by atoms with E-state index in [2.05, 4.69) is 10.4 Å². The average Bonchev–Trinajstić information content (AvgIpc) is 2.91. The van der Waals surface area contributed by atoms with Crippen LogP contribution in [-0.2, 0) is 28.4 Å². The van der Waals surface area contributed by atoms with Gasteiger partial charge in [0, 0.05) is 31.7 Å². The lowest BCUT2D eigenvalue weighted by molar-refractivity contribution is -0.117. The van der Waals surface area contributed by atoms with Crippen LogP contribution < -0.4 is 11.0 Å². The van der Waals surface area contributed by atoms with Gasteiger partial charge in [-0.1, -0.05) is 18.2 Å². The van der Waals surface area contributed by atoms with Gasteiger partial charge in [0.1, 0.15) is 12.4 Å². The maximum absolute atomic E-state index is 12.5. The summed E-state index contributed by atoms with van der Waals surface area (Å²) in [6.45, 7) is 2.52. The molecule has 28 heavy (non-hydrogen) atoms. The van der Waals surface area contributed by atoms with E-state index in [1.54, 1.807) is 13.1 Å². The Morgan fingerprint density at radius 2 is 1.89 bits per heavy atom. The molecule has 0 radical (unpaired) electrons. The predicted molar refractivity (Wildman–Crippen MR) is 106 cm³/mol. The first kappa shape index (κ1) is 20.3. The van der Waals surface area contributed by atoms with Crippen LogP contribution in [0, 0.1) is 6.92 Å². The number of sulfonamides is 1. The molecule has 1 aromatic carbocycles. The molecule has 0 aliphatic carbocycles. The van der Waals surface area contributed by atoms with Crippen LogP contribution in [0.3, 0.4) is 0 Å². The van der Waals surface area contributed by atoms with Gasteiger partial charge in [0.15, 0.2) is 0 Å². The molecule has 1 aliphatic rings. The van der Waals surface area contributed by atoms with E-state index in [0.717, 1.165) is 10.2 Å². The number of nitrogens with zero attached hydrogens (tertiary/aromatic N) is 4. The van der Waals surface area contributed by atoms with E-state index in [1.165, 1.54) is 15.1 Å². The zero-order valence-electron chi connectivity index (χ0n) is 16.3. The minimum absolute atomic E-state index is 0.0172. The van der Waals surface area contributed by atoms with Crippen molar-refractivity contribution in [3.8, 4) is 0 Å². The van der Waals surface area contributed by atoms with E-state index >= 15 is 0 Å². The Hall–Kier alpha value is -2.46. The third-order valence-electron chi connectivity index (χ3n) is 5.08. The molecule has 0 atom stereocenters. The van der Waals surface area contributed by atoms with Gasteiger partial charge >= 0.3 is 5.69 Å². The van der Waals surface area contributed by atoms with Gasteiger partial charge in [0.25, 0.3) is 0 Å². The zero-order valence-corrected chi connectivity index (χ0v) is 17.1. The van der Waals surface area contributed by atoms with Gasteiger partial charge in [-0.25, -0.2) is 22.2 Å². The number of carbonyl (C=O) groups is 1. The monoisotopic (exact) mass is 407 g/mol. The summed E-state index contributed by atoms with van der Waals surface area (Å²) in [7, 11) is -1.58. The Morgan fingerprint density at radius 3 is 2.50 bits per heavy atom. The van der Waals surface area contributed by atoms with Crippen molar-refractivity contribution >= 4 is 21.6 Å². The summed E-state index contributed by atoms with van der Waals surface area (Å²) in [4.78, 5) is 24.8. The second-order valence-corrected chi connectivity index (χ2v) is 9.14. The molecule has 3 rings (SSSR count). The fraction of sp³-hybridized carbons (Fsp3) is 0.500. The maximum atomic E-state index is 12.5. The molecule has 1 fully saturated rings. The number of aryl methyl sites for hydroxylation is 1. The summed E-state index contributed by atoms with van der Waals surface area (Å²) in [6, 6.07) is 7.41. The molecule has 9 nitrogen and oxygen atoms in total. The van der Waals surface area contributed by atoms with Crippen molar-refractivity contribution in [2.24, 2.45) is 7.05 Å². The standard InChI is InChI=1S/C18H25N5O4S/c1-13-6-4-5-7-15(13)19-16(24)12-23-18(25)21(2)17(20-23)14-8-10-22(11-9-14)28(3,26)27/h4-7,14H,8-12H2,1-3H3,(H,19,24). The molecule has 2 heterocycles. The molecule has 1 N–H and O–H groups in total. The Kier molecular flexibility index (Phi) is 5.71. The first-order valence-corrected chi connectivity index (χ1v) is 11.0. The molecule has 152 valence electrons. The van der Waals surface area contributed by atoms with Crippen LogP contribution in [0.2, 0.25) is 0 Å². The number of aromatic nitrogens is 3. The van der Waals surface area contributed by atoms with Gasteiger partial charge < -0.3 is 5.32 Å². The highest BCUT2D eigenvalue weighted by atomic mass is 32.2. The lowest BCUT2D eigenvalue weighted by Crippen LogP contribution is -2.37. The molecule has 1 aromatic heterocycles. The van der Waals surface area contributed by atoms with Gasteiger partial charge in [0.2, 0.25) is 15.9 Å². The lowest BCUT2D eigenvalue weighted by Gasteiger charge is -2.29. The van der Waals surface area contributed by atoms with Crippen LogP contribution in [-0.4, -0.2) is 52.3 Å². The summed E-state index contributed by atoms with van der Waals surface area (Å²) in [5, 5.41) is 7.16. The van der Waals surface area contributed by atoms with Crippen LogP contribution in [0.1, 0.15) is 30.1 Å². The highest BCUT2D eigenvalue weighted by Crippen LogP contribution is 2.26. The van der Waals surface area contributed by atoms with Crippen LogP contribution >= 0.6 is 0 Å². The molecule has 0 saturated carbocycles. The first-order valence-electron chi connectivity index (χ1n) is 9.11. The number of nitrogens with one attached hydrogen (secondary N) is 1. The van der Waals surface area contributed by atoms with Gasteiger partial charge in [-0.2, -0.15) is 5.10 Å². The van der Waals surface area contributed by atoms with E-state index in [-0.39, 0.29) is 24.1 Å².